The number of fused-ring (bicyclic) bond motifs is 9. The molecule has 0 saturated carbocycles. The van der Waals surface area contributed by atoms with Gasteiger partial charge in [0, 0.05) is 33.4 Å². The van der Waals surface area contributed by atoms with Crippen LogP contribution in [0.15, 0.2) is 148 Å². The van der Waals surface area contributed by atoms with Crippen LogP contribution in [0.1, 0.15) is 22.6 Å². The first-order chi connectivity index (χ1) is 20.8. The monoisotopic (exact) mass is 536 g/mol. The molecule has 0 spiro atoms. The van der Waals surface area contributed by atoms with E-state index in [0.717, 1.165) is 44.1 Å². The minimum Gasteiger partial charge on any atom is -0.456 e. The van der Waals surface area contributed by atoms with Gasteiger partial charge in [-0.2, -0.15) is 0 Å². The highest BCUT2D eigenvalue weighted by Crippen LogP contribution is 2.56. The van der Waals surface area contributed by atoms with Crippen molar-refractivity contribution in [3.8, 4) is 11.1 Å². The Morgan fingerprint density at radius 1 is 0.548 bits per heavy atom. The summed E-state index contributed by atoms with van der Waals surface area (Å²) in [7, 11) is 0. The molecule has 2 heteroatoms. The molecular formula is C40H24O2. The predicted octanol–water partition coefficient (Wildman–Crippen LogP) is 10.8. The van der Waals surface area contributed by atoms with E-state index in [4.69, 9.17) is 8.83 Å². The molecule has 3 aliphatic carbocycles. The van der Waals surface area contributed by atoms with E-state index in [9.17, 15) is 0 Å². The van der Waals surface area contributed by atoms with Crippen molar-refractivity contribution in [2.45, 2.75) is 5.92 Å². The van der Waals surface area contributed by atoms with Gasteiger partial charge < -0.3 is 8.83 Å². The minimum absolute atomic E-state index is 0.355. The standard InChI is InChI=1S/C40H24O2/c1-2-8-26-25(7-1)29-10-5-11-30-27(17-18-32(26)39(29)30)31-12-6-14-38-40(31)34-22-24(16-20-37(34)42-38)23-15-19-36-33(21-23)28-9-3-4-13-35(28)41-36/h1-22,32,39H. The SMILES string of the molecule is C1=CC2=C(c3cccc4oc5ccc(-c6ccc7oc8ccccc8c7c6)cc5c34)C=CC3c4ccccc4C(=C1)C23. The summed E-state index contributed by atoms with van der Waals surface area (Å²) in [6.07, 6.45) is 11.6. The van der Waals surface area contributed by atoms with Crippen molar-refractivity contribution in [1.82, 2.24) is 0 Å². The van der Waals surface area contributed by atoms with Crippen molar-refractivity contribution in [2.24, 2.45) is 5.92 Å². The molecule has 3 aliphatic rings. The van der Waals surface area contributed by atoms with Gasteiger partial charge in [-0.05, 0) is 80.9 Å². The zero-order chi connectivity index (χ0) is 27.4. The summed E-state index contributed by atoms with van der Waals surface area (Å²) in [5, 5.41) is 4.60. The average Bonchev–Trinajstić information content (AvgIpc) is 3.71. The molecule has 0 aliphatic heterocycles. The van der Waals surface area contributed by atoms with Gasteiger partial charge in [-0.25, -0.2) is 0 Å². The van der Waals surface area contributed by atoms with Crippen LogP contribution in [0.25, 0.3) is 66.2 Å². The zero-order valence-electron chi connectivity index (χ0n) is 22.7. The Labute approximate surface area is 242 Å². The predicted molar refractivity (Wildman–Crippen MR) is 172 cm³/mol. The average molecular weight is 537 g/mol. The summed E-state index contributed by atoms with van der Waals surface area (Å²) in [6, 6.07) is 36.7. The normalized spacial score (nSPS) is 18.8. The maximum absolute atomic E-state index is 6.44. The Morgan fingerprint density at radius 2 is 1.26 bits per heavy atom. The molecule has 2 nitrogen and oxygen atoms in total. The highest BCUT2D eigenvalue weighted by Gasteiger charge is 2.40. The van der Waals surface area contributed by atoms with E-state index < -0.39 is 0 Å². The van der Waals surface area contributed by atoms with Gasteiger partial charge >= 0.3 is 0 Å². The van der Waals surface area contributed by atoms with E-state index in [1.807, 2.05) is 12.1 Å². The second kappa shape index (κ2) is 8.11. The smallest absolute Gasteiger partial charge is 0.136 e. The number of allylic oxidation sites excluding steroid dienone is 8. The van der Waals surface area contributed by atoms with Gasteiger partial charge in [0.1, 0.15) is 22.3 Å². The Morgan fingerprint density at radius 3 is 2.19 bits per heavy atom. The quantitative estimate of drug-likeness (QED) is 0.220. The Kier molecular flexibility index (Phi) is 4.32. The van der Waals surface area contributed by atoms with Crippen LogP contribution in [-0.2, 0) is 0 Å². The first kappa shape index (κ1) is 22.4. The lowest BCUT2D eigenvalue weighted by Gasteiger charge is -2.29. The topological polar surface area (TPSA) is 26.3 Å². The van der Waals surface area contributed by atoms with E-state index in [2.05, 4.69) is 121 Å². The van der Waals surface area contributed by atoms with Crippen LogP contribution >= 0.6 is 0 Å². The first-order valence-electron chi connectivity index (χ1n) is 14.6. The lowest BCUT2D eigenvalue weighted by Crippen LogP contribution is -2.14. The number of benzene rings is 5. The summed E-state index contributed by atoms with van der Waals surface area (Å²) in [5.41, 5.74) is 14.2. The van der Waals surface area contributed by atoms with Gasteiger partial charge in [0.2, 0.25) is 0 Å². The second-order valence-corrected chi connectivity index (χ2v) is 11.6. The summed E-state index contributed by atoms with van der Waals surface area (Å²) >= 11 is 0. The van der Waals surface area contributed by atoms with E-state index in [1.165, 1.54) is 44.4 Å². The Balaban J connectivity index is 1.17. The van der Waals surface area contributed by atoms with Gasteiger partial charge in [0.25, 0.3) is 0 Å². The fourth-order valence-electron chi connectivity index (χ4n) is 7.65. The van der Waals surface area contributed by atoms with Gasteiger partial charge in [-0.3, -0.25) is 0 Å². The first-order valence-corrected chi connectivity index (χ1v) is 14.6. The summed E-state index contributed by atoms with van der Waals surface area (Å²) < 4.78 is 12.5. The summed E-state index contributed by atoms with van der Waals surface area (Å²) in [4.78, 5) is 0. The highest BCUT2D eigenvalue weighted by molar-refractivity contribution is 6.13. The maximum Gasteiger partial charge on any atom is 0.136 e. The van der Waals surface area contributed by atoms with Crippen molar-refractivity contribution in [2.75, 3.05) is 0 Å². The molecule has 10 rings (SSSR count). The third-order valence-corrected chi connectivity index (χ3v) is 9.49. The lowest BCUT2D eigenvalue weighted by atomic mass is 9.74. The van der Waals surface area contributed by atoms with E-state index in [-0.39, 0.29) is 0 Å². The van der Waals surface area contributed by atoms with Crippen molar-refractivity contribution < 1.29 is 8.83 Å². The van der Waals surface area contributed by atoms with Gasteiger partial charge in [-0.15, -0.1) is 0 Å². The third-order valence-electron chi connectivity index (χ3n) is 9.49. The maximum atomic E-state index is 6.44. The molecule has 2 unspecified atom stereocenters. The molecule has 2 aromatic heterocycles. The van der Waals surface area contributed by atoms with Crippen molar-refractivity contribution in [3.05, 3.63) is 156 Å². The highest BCUT2D eigenvalue weighted by atomic mass is 16.3. The van der Waals surface area contributed by atoms with Crippen molar-refractivity contribution in [1.29, 1.82) is 0 Å². The van der Waals surface area contributed by atoms with Gasteiger partial charge in [0.05, 0.1) is 0 Å². The minimum atomic E-state index is 0.355. The molecule has 0 saturated heterocycles. The summed E-state index contributed by atoms with van der Waals surface area (Å²) in [5.74, 6) is 0.741. The molecule has 5 aromatic carbocycles. The number of furan rings is 2. The van der Waals surface area contributed by atoms with Crippen LogP contribution in [0.2, 0.25) is 0 Å². The molecule has 0 radical (unpaired) electrons. The molecule has 0 N–H and O–H groups in total. The molecule has 2 atom stereocenters. The van der Waals surface area contributed by atoms with E-state index in [0.29, 0.717) is 11.8 Å². The molecule has 0 fully saturated rings. The van der Waals surface area contributed by atoms with Crippen LogP contribution in [0.5, 0.6) is 0 Å². The fourth-order valence-corrected chi connectivity index (χ4v) is 7.65. The molecule has 7 aromatic rings. The van der Waals surface area contributed by atoms with E-state index >= 15 is 0 Å². The van der Waals surface area contributed by atoms with Crippen molar-refractivity contribution in [3.63, 3.8) is 0 Å². The molecule has 196 valence electrons. The van der Waals surface area contributed by atoms with Crippen LogP contribution in [-0.4, -0.2) is 0 Å². The van der Waals surface area contributed by atoms with Crippen LogP contribution in [0.4, 0.5) is 0 Å². The van der Waals surface area contributed by atoms with Gasteiger partial charge in [0.15, 0.2) is 0 Å². The number of para-hydroxylation sites is 1. The van der Waals surface area contributed by atoms with E-state index in [1.54, 1.807) is 0 Å². The van der Waals surface area contributed by atoms with Crippen LogP contribution in [0, 0.1) is 5.92 Å². The molecule has 0 bridgehead atoms. The largest absolute Gasteiger partial charge is 0.456 e. The van der Waals surface area contributed by atoms with Crippen LogP contribution in [0.3, 0.4) is 0 Å². The Bertz CT molecular complexity index is 2420. The molecule has 2 heterocycles. The fraction of sp³-hybridized carbons (Fsp3) is 0.0500. The number of hydrogen-bond donors (Lipinski definition) is 0. The Hall–Kier alpha value is -5.34. The molecule has 42 heavy (non-hydrogen) atoms. The second-order valence-electron chi connectivity index (χ2n) is 11.6. The van der Waals surface area contributed by atoms with Gasteiger partial charge in [-0.1, -0.05) is 97.1 Å². The van der Waals surface area contributed by atoms with Crippen molar-refractivity contribution >= 4 is 55.0 Å². The number of rotatable bonds is 2. The number of hydrogen-bond acceptors (Lipinski definition) is 2. The third kappa shape index (κ3) is 2.94. The lowest BCUT2D eigenvalue weighted by molar-refractivity contribution is 0.668. The zero-order valence-corrected chi connectivity index (χ0v) is 22.7. The molecule has 0 amide bonds. The summed E-state index contributed by atoms with van der Waals surface area (Å²) in [6.45, 7) is 0. The molecular weight excluding hydrogens is 512 g/mol. The van der Waals surface area contributed by atoms with Crippen LogP contribution < -0.4 is 0 Å².